The highest BCUT2D eigenvalue weighted by Gasteiger charge is 2.25. The summed E-state index contributed by atoms with van der Waals surface area (Å²) in [5.74, 6) is -0.809. The van der Waals surface area contributed by atoms with E-state index in [4.69, 9.17) is 9.47 Å². The van der Waals surface area contributed by atoms with Crippen LogP contribution in [0, 0.1) is 5.82 Å². The SMILES string of the molecule is CCOC(=O)c1c(-c2ccc(F)cc2)csc1NC(=O)[C@H](C)Oc1cccc(Br)c1. The number of ether oxygens (including phenoxy) is 2. The fourth-order valence-electron chi connectivity index (χ4n) is 2.71. The number of rotatable bonds is 7. The molecule has 3 aromatic rings. The maximum absolute atomic E-state index is 13.3. The summed E-state index contributed by atoms with van der Waals surface area (Å²) in [6.07, 6.45) is -0.800. The molecule has 0 spiro atoms. The first kappa shape index (κ1) is 22.0. The van der Waals surface area contributed by atoms with Crippen LogP contribution in [0.3, 0.4) is 0 Å². The Morgan fingerprint density at radius 2 is 1.93 bits per heavy atom. The van der Waals surface area contributed by atoms with Crippen LogP contribution in [0.5, 0.6) is 5.75 Å². The molecular formula is C22H19BrFNO4S. The highest BCUT2D eigenvalue weighted by Crippen LogP contribution is 2.36. The molecule has 1 amide bonds. The Kier molecular flexibility index (Phi) is 7.23. The van der Waals surface area contributed by atoms with E-state index in [1.165, 1.54) is 23.5 Å². The molecule has 2 aromatic carbocycles. The van der Waals surface area contributed by atoms with Gasteiger partial charge in [-0.05, 0) is 49.7 Å². The minimum absolute atomic E-state index is 0.188. The number of hydrogen-bond donors (Lipinski definition) is 1. The Morgan fingerprint density at radius 1 is 1.20 bits per heavy atom. The predicted octanol–water partition coefficient (Wildman–Crippen LogP) is 5.90. The summed E-state index contributed by atoms with van der Waals surface area (Å²) in [5.41, 5.74) is 1.44. The highest BCUT2D eigenvalue weighted by molar-refractivity contribution is 9.10. The van der Waals surface area contributed by atoms with E-state index in [2.05, 4.69) is 21.2 Å². The monoisotopic (exact) mass is 491 g/mol. The maximum atomic E-state index is 13.3. The Balaban J connectivity index is 1.84. The molecule has 0 saturated carbocycles. The molecule has 5 nitrogen and oxygen atoms in total. The second kappa shape index (κ2) is 9.86. The van der Waals surface area contributed by atoms with Gasteiger partial charge in [0.15, 0.2) is 6.10 Å². The number of esters is 1. The first-order valence-corrected chi connectivity index (χ1v) is 10.8. The van der Waals surface area contributed by atoms with E-state index >= 15 is 0 Å². The van der Waals surface area contributed by atoms with Gasteiger partial charge in [-0.2, -0.15) is 0 Å². The van der Waals surface area contributed by atoms with Crippen LogP contribution in [-0.2, 0) is 9.53 Å². The number of thiophene rings is 1. The fraction of sp³-hybridized carbons (Fsp3) is 0.182. The van der Waals surface area contributed by atoms with E-state index in [0.717, 1.165) is 4.47 Å². The Hall–Kier alpha value is -2.71. The van der Waals surface area contributed by atoms with Crippen LogP contribution < -0.4 is 10.1 Å². The molecule has 1 heterocycles. The number of carbonyl (C=O) groups excluding carboxylic acids is 2. The van der Waals surface area contributed by atoms with Gasteiger partial charge in [0.1, 0.15) is 22.1 Å². The van der Waals surface area contributed by atoms with Gasteiger partial charge in [0.05, 0.1) is 6.61 Å². The number of benzene rings is 2. The number of halogens is 2. The summed E-state index contributed by atoms with van der Waals surface area (Å²) in [6, 6.07) is 12.9. The van der Waals surface area contributed by atoms with E-state index in [1.807, 2.05) is 6.07 Å². The van der Waals surface area contributed by atoms with Crippen molar-refractivity contribution in [1.29, 1.82) is 0 Å². The van der Waals surface area contributed by atoms with Crippen molar-refractivity contribution in [1.82, 2.24) is 0 Å². The molecule has 30 heavy (non-hydrogen) atoms. The van der Waals surface area contributed by atoms with Gasteiger partial charge in [-0.3, -0.25) is 4.79 Å². The van der Waals surface area contributed by atoms with E-state index in [0.29, 0.717) is 21.9 Å². The number of hydrogen-bond acceptors (Lipinski definition) is 5. The second-order valence-electron chi connectivity index (χ2n) is 6.29. The molecule has 0 saturated heterocycles. The van der Waals surface area contributed by atoms with Crippen molar-refractivity contribution >= 4 is 44.1 Å². The zero-order valence-corrected chi connectivity index (χ0v) is 18.7. The average molecular weight is 492 g/mol. The zero-order valence-electron chi connectivity index (χ0n) is 16.3. The van der Waals surface area contributed by atoms with E-state index < -0.39 is 18.0 Å². The molecule has 3 rings (SSSR count). The van der Waals surface area contributed by atoms with Crippen LogP contribution in [0.15, 0.2) is 58.4 Å². The summed E-state index contributed by atoms with van der Waals surface area (Å²) in [7, 11) is 0. The van der Waals surface area contributed by atoms with Crippen molar-refractivity contribution in [2.24, 2.45) is 0 Å². The van der Waals surface area contributed by atoms with Crippen molar-refractivity contribution in [2.45, 2.75) is 20.0 Å². The molecule has 0 fully saturated rings. The molecule has 0 bridgehead atoms. The zero-order chi connectivity index (χ0) is 21.7. The molecule has 0 aliphatic rings. The number of amides is 1. The molecule has 1 N–H and O–H groups in total. The lowest BCUT2D eigenvalue weighted by Gasteiger charge is -2.15. The molecule has 1 atom stereocenters. The van der Waals surface area contributed by atoms with E-state index in [-0.39, 0.29) is 18.0 Å². The average Bonchev–Trinajstić information content (AvgIpc) is 3.12. The third-order valence-electron chi connectivity index (χ3n) is 4.14. The second-order valence-corrected chi connectivity index (χ2v) is 8.08. The lowest BCUT2D eigenvalue weighted by molar-refractivity contribution is -0.122. The third-order valence-corrected chi connectivity index (χ3v) is 5.53. The number of anilines is 1. The van der Waals surface area contributed by atoms with Gasteiger partial charge in [-0.1, -0.05) is 34.1 Å². The van der Waals surface area contributed by atoms with Gasteiger partial charge in [0, 0.05) is 15.4 Å². The first-order valence-electron chi connectivity index (χ1n) is 9.16. The summed E-state index contributed by atoms with van der Waals surface area (Å²) in [4.78, 5) is 25.3. The number of carbonyl (C=O) groups is 2. The van der Waals surface area contributed by atoms with Gasteiger partial charge in [0.25, 0.3) is 5.91 Å². The molecule has 0 aliphatic carbocycles. The van der Waals surface area contributed by atoms with Crippen molar-refractivity contribution in [3.63, 3.8) is 0 Å². The topological polar surface area (TPSA) is 64.6 Å². The standard InChI is InChI=1S/C22H19BrFNO4S/c1-3-28-22(27)19-18(14-7-9-16(24)10-8-14)12-30-21(19)25-20(26)13(2)29-17-6-4-5-15(23)11-17/h4-13H,3H2,1-2H3,(H,25,26)/t13-/m0/s1. The lowest BCUT2D eigenvalue weighted by atomic mass is 10.0. The molecule has 0 radical (unpaired) electrons. The van der Waals surface area contributed by atoms with Gasteiger partial charge >= 0.3 is 5.97 Å². The Morgan fingerprint density at radius 3 is 2.60 bits per heavy atom. The quantitative estimate of drug-likeness (QED) is 0.417. The van der Waals surface area contributed by atoms with Crippen molar-refractivity contribution in [3.8, 4) is 16.9 Å². The molecule has 0 aliphatic heterocycles. The lowest BCUT2D eigenvalue weighted by Crippen LogP contribution is -2.30. The minimum atomic E-state index is -0.800. The van der Waals surface area contributed by atoms with Gasteiger partial charge in [-0.15, -0.1) is 11.3 Å². The van der Waals surface area contributed by atoms with Crippen molar-refractivity contribution in [2.75, 3.05) is 11.9 Å². The van der Waals surface area contributed by atoms with E-state index in [1.54, 1.807) is 49.6 Å². The first-order chi connectivity index (χ1) is 14.4. The molecular weight excluding hydrogens is 473 g/mol. The third kappa shape index (κ3) is 5.25. The molecule has 1 aromatic heterocycles. The van der Waals surface area contributed by atoms with Gasteiger partial charge < -0.3 is 14.8 Å². The molecule has 8 heteroatoms. The summed E-state index contributed by atoms with van der Waals surface area (Å²) in [6.45, 7) is 3.51. The fourth-order valence-corrected chi connectivity index (χ4v) is 4.05. The maximum Gasteiger partial charge on any atom is 0.341 e. The van der Waals surface area contributed by atoms with Crippen LogP contribution in [0.1, 0.15) is 24.2 Å². The molecule has 156 valence electrons. The number of nitrogens with one attached hydrogen (secondary N) is 1. The smallest absolute Gasteiger partial charge is 0.341 e. The Bertz CT molecular complexity index is 1050. The van der Waals surface area contributed by atoms with E-state index in [9.17, 15) is 14.0 Å². The normalized spacial score (nSPS) is 11.6. The van der Waals surface area contributed by atoms with Gasteiger partial charge in [0.2, 0.25) is 0 Å². The molecule has 0 unspecified atom stereocenters. The van der Waals surface area contributed by atoms with Crippen LogP contribution >= 0.6 is 27.3 Å². The Labute approximate surface area is 186 Å². The van der Waals surface area contributed by atoms with Crippen molar-refractivity contribution in [3.05, 3.63) is 69.8 Å². The highest BCUT2D eigenvalue weighted by atomic mass is 79.9. The van der Waals surface area contributed by atoms with Crippen molar-refractivity contribution < 1.29 is 23.5 Å². The van der Waals surface area contributed by atoms with Crippen LogP contribution in [0.4, 0.5) is 9.39 Å². The predicted molar refractivity (Wildman–Crippen MR) is 119 cm³/mol. The summed E-state index contributed by atoms with van der Waals surface area (Å²) >= 11 is 4.55. The summed E-state index contributed by atoms with van der Waals surface area (Å²) < 4.78 is 25.0. The van der Waals surface area contributed by atoms with Crippen LogP contribution in [0.2, 0.25) is 0 Å². The minimum Gasteiger partial charge on any atom is -0.481 e. The summed E-state index contributed by atoms with van der Waals surface area (Å²) in [5, 5.41) is 4.83. The van der Waals surface area contributed by atoms with Gasteiger partial charge in [-0.25, -0.2) is 9.18 Å². The van der Waals surface area contributed by atoms with Crippen LogP contribution in [0.25, 0.3) is 11.1 Å². The largest absolute Gasteiger partial charge is 0.481 e. The van der Waals surface area contributed by atoms with Crippen LogP contribution in [-0.4, -0.2) is 24.6 Å².